The van der Waals surface area contributed by atoms with Gasteiger partial charge in [0.1, 0.15) is 7.05 Å². The van der Waals surface area contributed by atoms with E-state index in [1.54, 1.807) is 5.01 Å². The Hall–Kier alpha value is -0.160. The van der Waals surface area contributed by atoms with Crippen molar-refractivity contribution in [2.45, 2.75) is 0 Å². The summed E-state index contributed by atoms with van der Waals surface area (Å²) in [5.41, 5.74) is 0. The van der Waals surface area contributed by atoms with Crippen LogP contribution in [-0.4, -0.2) is 35.2 Å². The minimum absolute atomic E-state index is 0.500. The second-order valence-corrected chi connectivity index (χ2v) is 1.93. The summed E-state index contributed by atoms with van der Waals surface area (Å²) in [6, 6.07) is 0. The maximum absolute atomic E-state index is 8.80. The van der Waals surface area contributed by atoms with E-state index in [2.05, 4.69) is 0 Å². The number of nitrogens with two attached hydrogens (primary N) is 1. The number of rotatable bonds is 1. The average Bonchev–Trinajstić information content (AvgIpc) is 1.99. The van der Waals surface area contributed by atoms with Gasteiger partial charge >= 0.3 is 0 Å². The average molecular weight is 104 g/mol. The van der Waals surface area contributed by atoms with Crippen LogP contribution in [0.3, 0.4) is 0 Å². The molecule has 4 heteroatoms. The van der Waals surface area contributed by atoms with E-state index < -0.39 is 4.86 Å². The molecular formula is C3H10N3O+. The molecule has 1 heterocycles. The van der Waals surface area contributed by atoms with Crippen molar-refractivity contribution >= 4 is 0 Å². The number of hydroxylamine groups is 1. The lowest BCUT2D eigenvalue weighted by atomic mass is 11.0. The van der Waals surface area contributed by atoms with Crippen molar-refractivity contribution < 1.29 is 10.1 Å². The highest BCUT2D eigenvalue weighted by Crippen LogP contribution is 2.07. The SMILES string of the molecule is C[N+](N)(O)N1CC1. The van der Waals surface area contributed by atoms with Gasteiger partial charge in [0.05, 0.1) is 13.1 Å². The van der Waals surface area contributed by atoms with E-state index in [-0.39, 0.29) is 0 Å². The molecule has 0 saturated carbocycles. The summed E-state index contributed by atoms with van der Waals surface area (Å²) in [6.07, 6.45) is 0. The Kier molecular flexibility index (Phi) is 0.829. The number of hydrogen-bond acceptors (Lipinski definition) is 3. The molecule has 0 radical (unpaired) electrons. The zero-order chi connectivity index (χ0) is 5.49. The summed E-state index contributed by atoms with van der Waals surface area (Å²) in [5.74, 6) is 5.16. The topological polar surface area (TPSA) is 49.3 Å². The Labute approximate surface area is 42.2 Å². The smallest absolute Gasteiger partial charge is 0.138 e. The molecule has 1 atom stereocenters. The molecule has 42 valence electrons. The van der Waals surface area contributed by atoms with Crippen LogP contribution in [-0.2, 0) is 0 Å². The van der Waals surface area contributed by atoms with Crippen molar-refractivity contribution in [3.05, 3.63) is 0 Å². The Morgan fingerprint density at radius 2 is 2.14 bits per heavy atom. The number of nitrogens with zero attached hydrogens (tertiary/aromatic N) is 2. The molecule has 1 aliphatic heterocycles. The van der Waals surface area contributed by atoms with Crippen LogP contribution in [0, 0.1) is 0 Å². The summed E-state index contributed by atoms with van der Waals surface area (Å²) >= 11 is 0. The normalized spacial score (nSPS) is 29.6. The van der Waals surface area contributed by atoms with Gasteiger partial charge in [-0.25, -0.2) is 0 Å². The summed E-state index contributed by atoms with van der Waals surface area (Å²) in [7, 11) is 1.52. The van der Waals surface area contributed by atoms with E-state index in [1.807, 2.05) is 0 Å². The maximum Gasteiger partial charge on any atom is 0.138 e. The van der Waals surface area contributed by atoms with Gasteiger partial charge in [-0.2, -0.15) is 5.21 Å². The number of quaternary nitrogens is 1. The minimum Gasteiger partial charge on any atom is -0.175 e. The lowest BCUT2D eigenvalue weighted by molar-refractivity contribution is -1.17. The van der Waals surface area contributed by atoms with Gasteiger partial charge in [0.2, 0.25) is 0 Å². The van der Waals surface area contributed by atoms with Crippen LogP contribution in [0.5, 0.6) is 0 Å². The first-order chi connectivity index (χ1) is 3.11. The van der Waals surface area contributed by atoms with E-state index in [9.17, 15) is 0 Å². The third-order valence-electron chi connectivity index (χ3n) is 0.996. The quantitative estimate of drug-likeness (QED) is 0.193. The summed E-state index contributed by atoms with van der Waals surface area (Å²) in [6.45, 7) is 1.81. The predicted octanol–water partition coefficient (Wildman–Crippen LogP) is -1.07. The van der Waals surface area contributed by atoms with Crippen LogP contribution >= 0.6 is 0 Å². The van der Waals surface area contributed by atoms with Crippen LogP contribution in [0.15, 0.2) is 0 Å². The standard InChI is InChI=1S/C3H10N3O/c1-6(4,7)5-2-3-5/h7H,2-4H2,1H3/q+1. The Bertz CT molecular complexity index is 72.7. The van der Waals surface area contributed by atoms with Gasteiger partial charge in [0.25, 0.3) is 0 Å². The predicted molar refractivity (Wildman–Crippen MR) is 23.7 cm³/mol. The van der Waals surface area contributed by atoms with Crippen LogP contribution < -0.4 is 5.84 Å². The number of hydrogen-bond donors (Lipinski definition) is 2. The molecule has 0 amide bonds. The molecule has 0 aliphatic carbocycles. The molecule has 0 spiro atoms. The lowest BCUT2D eigenvalue weighted by Crippen LogP contribution is -2.51. The summed E-state index contributed by atoms with van der Waals surface area (Å²) in [5, 5.41) is 10.5. The maximum atomic E-state index is 8.80. The first kappa shape index (κ1) is 4.99. The van der Waals surface area contributed by atoms with Crippen molar-refractivity contribution in [3.63, 3.8) is 0 Å². The van der Waals surface area contributed by atoms with Gasteiger partial charge in [-0.05, 0) is 4.86 Å². The lowest BCUT2D eigenvalue weighted by Gasteiger charge is -2.16. The highest BCUT2D eigenvalue weighted by molar-refractivity contribution is 4.58. The summed E-state index contributed by atoms with van der Waals surface area (Å²) in [4.78, 5) is -0.500. The molecule has 4 nitrogen and oxygen atoms in total. The van der Waals surface area contributed by atoms with Crippen molar-refractivity contribution in [3.8, 4) is 0 Å². The largest absolute Gasteiger partial charge is 0.175 e. The molecule has 1 saturated heterocycles. The van der Waals surface area contributed by atoms with Gasteiger partial charge in [-0.15, -0.1) is 10.9 Å². The Morgan fingerprint density at radius 1 is 1.71 bits per heavy atom. The molecule has 3 N–H and O–H groups in total. The van der Waals surface area contributed by atoms with E-state index in [0.717, 1.165) is 13.1 Å². The fourth-order valence-electron chi connectivity index (χ4n) is 0.450. The third-order valence-corrected chi connectivity index (χ3v) is 0.996. The zero-order valence-corrected chi connectivity index (χ0v) is 4.33. The molecule has 0 aromatic rings. The fourth-order valence-corrected chi connectivity index (χ4v) is 0.450. The summed E-state index contributed by atoms with van der Waals surface area (Å²) < 4.78 is 0. The van der Waals surface area contributed by atoms with Crippen LogP contribution in [0.2, 0.25) is 0 Å². The molecule has 0 bridgehead atoms. The van der Waals surface area contributed by atoms with Gasteiger partial charge in [-0.3, -0.25) is 0 Å². The van der Waals surface area contributed by atoms with Gasteiger partial charge in [0.15, 0.2) is 0 Å². The fraction of sp³-hybridized carbons (Fsp3) is 1.00. The van der Waals surface area contributed by atoms with Crippen molar-refractivity contribution in [1.82, 2.24) is 5.01 Å². The monoisotopic (exact) mass is 104 g/mol. The molecule has 1 fully saturated rings. The molecule has 0 aromatic heterocycles. The van der Waals surface area contributed by atoms with Crippen LogP contribution in [0.4, 0.5) is 0 Å². The molecular weight excluding hydrogens is 94.1 g/mol. The molecule has 1 aliphatic rings. The van der Waals surface area contributed by atoms with Crippen LogP contribution in [0.25, 0.3) is 0 Å². The second-order valence-electron chi connectivity index (χ2n) is 1.93. The first-order valence-corrected chi connectivity index (χ1v) is 2.24. The molecule has 1 unspecified atom stereocenters. The van der Waals surface area contributed by atoms with E-state index >= 15 is 0 Å². The van der Waals surface area contributed by atoms with Crippen molar-refractivity contribution in [2.75, 3.05) is 20.1 Å². The van der Waals surface area contributed by atoms with E-state index in [4.69, 9.17) is 11.0 Å². The molecule has 0 aromatic carbocycles. The van der Waals surface area contributed by atoms with Gasteiger partial charge in [0, 0.05) is 0 Å². The Morgan fingerprint density at radius 3 is 2.14 bits per heavy atom. The Balaban J connectivity index is 2.36. The van der Waals surface area contributed by atoms with E-state index in [0.29, 0.717) is 0 Å². The van der Waals surface area contributed by atoms with Gasteiger partial charge in [-0.1, -0.05) is 0 Å². The highest BCUT2D eigenvalue weighted by Gasteiger charge is 2.35. The second kappa shape index (κ2) is 1.16. The van der Waals surface area contributed by atoms with Crippen molar-refractivity contribution in [1.29, 1.82) is 0 Å². The zero-order valence-electron chi connectivity index (χ0n) is 4.33. The molecule has 7 heavy (non-hydrogen) atoms. The highest BCUT2D eigenvalue weighted by atomic mass is 16.6. The van der Waals surface area contributed by atoms with Gasteiger partial charge < -0.3 is 0 Å². The first-order valence-electron chi connectivity index (χ1n) is 2.24. The van der Waals surface area contributed by atoms with E-state index in [1.165, 1.54) is 7.05 Å². The minimum atomic E-state index is -0.500. The third kappa shape index (κ3) is 1.10. The van der Waals surface area contributed by atoms with Crippen LogP contribution in [0.1, 0.15) is 0 Å². The van der Waals surface area contributed by atoms with Crippen molar-refractivity contribution in [2.24, 2.45) is 5.84 Å². The molecule has 1 rings (SSSR count).